The number of nitrogens with zero attached hydrogens (tertiary/aromatic N) is 3. The molecule has 8 nitrogen and oxygen atoms in total. The fourth-order valence-corrected chi connectivity index (χ4v) is 2.39. The lowest BCUT2D eigenvalue weighted by Crippen LogP contribution is -2.04. The minimum Gasteiger partial charge on any atom is -0.493 e. The largest absolute Gasteiger partial charge is 0.493 e. The molecular formula is C20H20N4O4. The van der Waals surface area contributed by atoms with Crippen molar-refractivity contribution in [3.63, 3.8) is 0 Å². The van der Waals surface area contributed by atoms with Crippen LogP contribution in [0.25, 0.3) is 11.4 Å². The molecule has 2 aromatic heterocycles. The lowest BCUT2D eigenvalue weighted by molar-refractivity contribution is 0.347. The van der Waals surface area contributed by atoms with Crippen molar-refractivity contribution in [1.82, 2.24) is 15.0 Å². The van der Waals surface area contributed by atoms with Crippen LogP contribution in [0.4, 0.5) is 5.82 Å². The molecule has 3 aromatic rings. The molecule has 0 atom stereocenters. The van der Waals surface area contributed by atoms with Crippen LogP contribution in [-0.4, -0.2) is 35.8 Å². The Morgan fingerprint density at radius 3 is 2.57 bits per heavy atom. The third-order valence-corrected chi connectivity index (χ3v) is 3.68. The number of para-hydroxylation sites is 2. The normalized spacial score (nSPS) is 10.2. The third-order valence-electron chi connectivity index (χ3n) is 3.68. The van der Waals surface area contributed by atoms with Gasteiger partial charge in [0.1, 0.15) is 6.61 Å². The summed E-state index contributed by atoms with van der Waals surface area (Å²) in [5.41, 5.74) is 6.81. The van der Waals surface area contributed by atoms with E-state index in [0.29, 0.717) is 35.4 Å². The number of hydrogen-bond acceptors (Lipinski definition) is 8. The van der Waals surface area contributed by atoms with Crippen LogP contribution in [0.1, 0.15) is 0 Å². The number of pyridine rings is 1. The van der Waals surface area contributed by atoms with E-state index in [1.165, 1.54) is 7.11 Å². The van der Waals surface area contributed by atoms with Gasteiger partial charge >= 0.3 is 0 Å². The highest BCUT2D eigenvalue weighted by atomic mass is 16.5. The molecule has 2 N–H and O–H groups in total. The van der Waals surface area contributed by atoms with E-state index in [4.69, 9.17) is 24.7 Å². The summed E-state index contributed by atoms with van der Waals surface area (Å²) in [4.78, 5) is 12.9. The molecule has 28 heavy (non-hydrogen) atoms. The Bertz CT molecular complexity index is 978. The Morgan fingerprint density at radius 1 is 1.07 bits per heavy atom. The minimum absolute atomic E-state index is 0.123. The molecule has 3 rings (SSSR count). The highest BCUT2D eigenvalue weighted by molar-refractivity contribution is 5.64. The topological polar surface area (TPSA) is 102 Å². The molecule has 0 saturated heterocycles. The number of nitrogens with two attached hydrogens (primary N) is 1. The molecule has 0 fully saturated rings. The van der Waals surface area contributed by atoms with Crippen LogP contribution >= 0.6 is 0 Å². The molecule has 0 spiro atoms. The Labute approximate surface area is 162 Å². The van der Waals surface area contributed by atoms with Crippen LogP contribution in [0.3, 0.4) is 0 Å². The summed E-state index contributed by atoms with van der Waals surface area (Å²) in [6.07, 6.45) is 3.23. The summed E-state index contributed by atoms with van der Waals surface area (Å²) in [5.74, 6) is 2.31. The van der Waals surface area contributed by atoms with Crippen LogP contribution in [0.5, 0.6) is 29.0 Å². The second-order valence-electron chi connectivity index (χ2n) is 5.51. The van der Waals surface area contributed by atoms with Crippen molar-refractivity contribution < 1.29 is 18.9 Å². The molecule has 0 aliphatic heterocycles. The minimum atomic E-state index is 0.123. The van der Waals surface area contributed by atoms with Gasteiger partial charge < -0.3 is 24.7 Å². The Balaban J connectivity index is 1.97. The summed E-state index contributed by atoms with van der Waals surface area (Å²) in [5, 5.41) is 0. The lowest BCUT2D eigenvalue weighted by atomic mass is 10.2. The first-order chi connectivity index (χ1) is 13.7. The molecule has 0 unspecified atom stereocenters. The van der Waals surface area contributed by atoms with Gasteiger partial charge in [-0.25, -0.2) is 9.97 Å². The molecule has 0 aliphatic carbocycles. The number of hydrogen-bond donors (Lipinski definition) is 1. The number of nitrogen functional groups attached to an aromatic ring is 1. The van der Waals surface area contributed by atoms with E-state index in [0.717, 1.165) is 0 Å². The molecule has 1 aromatic carbocycles. The Morgan fingerprint density at radius 2 is 1.86 bits per heavy atom. The molecule has 0 bridgehead atoms. The first kappa shape index (κ1) is 19.0. The number of rotatable bonds is 8. The van der Waals surface area contributed by atoms with Crippen molar-refractivity contribution in [3.8, 4) is 40.4 Å². The van der Waals surface area contributed by atoms with Crippen LogP contribution in [0.15, 0.2) is 55.3 Å². The highest BCUT2D eigenvalue weighted by Gasteiger charge is 2.18. The molecular weight excluding hydrogens is 360 g/mol. The van der Waals surface area contributed by atoms with E-state index in [1.54, 1.807) is 43.6 Å². The number of anilines is 1. The predicted octanol–water partition coefficient (Wildman–Crippen LogP) is 3.50. The van der Waals surface area contributed by atoms with Crippen molar-refractivity contribution in [1.29, 1.82) is 0 Å². The molecule has 0 radical (unpaired) electrons. The standard InChI is InChI=1S/C20H20N4O4/c1-4-11-27-16-12-13(9-10-22-16)19-23-18(21)17(20(24-19)26-3)28-15-8-6-5-7-14(15)25-2/h4-10,12H,1,11H2,2-3H3,(H2,21,23,24). The van der Waals surface area contributed by atoms with Gasteiger partial charge in [-0.2, -0.15) is 4.98 Å². The van der Waals surface area contributed by atoms with Crippen molar-refractivity contribution in [3.05, 3.63) is 55.3 Å². The Hall–Kier alpha value is -3.81. The molecule has 144 valence electrons. The number of ether oxygens (including phenoxy) is 4. The maximum atomic E-state index is 6.14. The van der Waals surface area contributed by atoms with E-state index in [9.17, 15) is 0 Å². The van der Waals surface area contributed by atoms with Crippen molar-refractivity contribution in [2.45, 2.75) is 0 Å². The molecule has 2 heterocycles. The third kappa shape index (κ3) is 4.12. The van der Waals surface area contributed by atoms with Gasteiger partial charge in [-0.05, 0) is 18.2 Å². The first-order valence-electron chi connectivity index (χ1n) is 8.38. The fourth-order valence-electron chi connectivity index (χ4n) is 2.39. The molecule has 0 aliphatic rings. The summed E-state index contributed by atoms with van der Waals surface area (Å²) in [7, 11) is 3.03. The molecule has 8 heteroatoms. The van der Waals surface area contributed by atoms with Crippen molar-refractivity contribution >= 4 is 5.82 Å². The average molecular weight is 380 g/mol. The Kier molecular flexibility index (Phi) is 5.91. The summed E-state index contributed by atoms with van der Waals surface area (Å²) >= 11 is 0. The zero-order chi connectivity index (χ0) is 19.9. The van der Waals surface area contributed by atoms with Crippen LogP contribution in [0.2, 0.25) is 0 Å². The zero-order valence-electron chi connectivity index (χ0n) is 15.6. The molecule has 0 saturated carbocycles. The number of aromatic nitrogens is 3. The van der Waals surface area contributed by atoms with E-state index in [2.05, 4.69) is 21.5 Å². The lowest BCUT2D eigenvalue weighted by Gasteiger charge is -2.14. The summed E-state index contributed by atoms with van der Waals surface area (Å²) in [6, 6.07) is 10.6. The summed E-state index contributed by atoms with van der Waals surface area (Å²) < 4.78 is 22.0. The fraction of sp³-hybridized carbons (Fsp3) is 0.150. The smallest absolute Gasteiger partial charge is 0.263 e. The first-order valence-corrected chi connectivity index (χ1v) is 8.38. The van der Waals surface area contributed by atoms with Gasteiger partial charge in [0.25, 0.3) is 5.88 Å². The van der Waals surface area contributed by atoms with Crippen LogP contribution < -0.4 is 24.7 Å². The highest BCUT2D eigenvalue weighted by Crippen LogP contribution is 2.39. The van der Waals surface area contributed by atoms with Gasteiger partial charge in [-0.15, -0.1) is 0 Å². The average Bonchev–Trinajstić information content (AvgIpc) is 2.74. The van der Waals surface area contributed by atoms with Gasteiger partial charge in [-0.3, -0.25) is 0 Å². The number of benzene rings is 1. The second kappa shape index (κ2) is 8.72. The SMILES string of the molecule is C=CCOc1cc(-c2nc(N)c(Oc3ccccc3OC)c(OC)n2)ccn1. The van der Waals surface area contributed by atoms with E-state index in [1.807, 2.05) is 12.1 Å². The van der Waals surface area contributed by atoms with E-state index >= 15 is 0 Å². The maximum Gasteiger partial charge on any atom is 0.263 e. The number of methoxy groups -OCH3 is 2. The van der Waals surface area contributed by atoms with E-state index < -0.39 is 0 Å². The van der Waals surface area contributed by atoms with Crippen molar-refractivity contribution in [2.75, 3.05) is 26.6 Å². The zero-order valence-corrected chi connectivity index (χ0v) is 15.6. The second-order valence-corrected chi connectivity index (χ2v) is 5.51. The predicted molar refractivity (Wildman–Crippen MR) is 105 cm³/mol. The van der Waals surface area contributed by atoms with Crippen molar-refractivity contribution in [2.24, 2.45) is 0 Å². The van der Waals surface area contributed by atoms with Gasteiger partial charge in [0, 0.05) is 17.8 Å². The summed E-state index contributed by atoms with van der Waals surface area (Å²) in [6.45, 7) is 3.96. The van der Waals surface area contributed by atoms with E-state index in [-0.39, 0.29) is 17.4 Å². The maximum absolute atomic E-state index is 6.14. The monoisotopic (exact) mass is 380 g/mol. The van der Waals surface area contributed by atoms with Gasteiger partial charge in [0.05, 0.1) is 14.2 Å². The quantitative estimate of drug-likeness (QED) is 0.593. The van der Waals surface area contributed by atoms with Gasteiger partial charge in [0.2, 0.25) is 11.6 Å². The van der Waals surface area contributed by atoms with Gasteiger partial charge in [0.15, 0.2) is 23.1 Å². The van der Waals surface area contributed by atoms with Crippen LogP contribution in [0, 0.1) is 0 Å². The van der Waals surface area contributed by atoms with Crippen LogP contribution in [-0.2, 0) is 0 Å². The molecule has 0 amide bonds. The van der Waals surface area contributed by atoms with Gasteiger partial charge in [-0.1, -0.05) is 24.8 Å².